The Hall–Kier alpha value is -2.54. The van der Waals surface area contributed by atoms with Gasteiger partial charge in [0.2, 0.25) is 0 Å². The summed E-state index contributed by atoms with van der Waals surface area (Å²) in [6, 6.07) is 5.60. The lowest BCUT2D eigenvalue weighted by Crippen LogP contribution is -2.00. The Kier molecular flexibility index (Phi) is 3.96. The second-order valence-electron chi connectivity index (χ2n) is 5.03. The number of rotatable bonds is 5. The first-order valence-corrected chi connectivity index (χ1v) is 7.76. The number of benzene rings is 1. The molecule has 120 valence electrons. The van der Waals surface area contributed by atoms with Crippen LogP contribution >= 0.6 is 11.3 Å². The second-order valence-corrected chi connectivity index (χ2v) is 6.21. The van der Waals surface area contributed by atoms with Gasteiger partial charge in [0.25, 0.3) is 0 Å². The maximum Gasteiger partial charge on any atom is 0.309 e. The van der Waals surface area contributed by atoms with E-state index in [0.29, 0.717) is 5.69 Å². The fraction of sp³-hybridized carbons (Fsp3) is 0.250. The molecule has 0 saturated heterocycles. The molecule has 0 aliphatic carbocycles. The summed E-state index contributed by atoms with van der Waals surface area (Å²) < 4.78 is 12.7. The van der Waals surface area contributed by atoms with Crippen molar-refractivity contribution in [2.75, 3.05) is 14.2 Å². The van der Waals surface area contributed by atoms with E-state index in [4.69, 9.17) is 14.6 Å². The van der Waals surface area contributed by atoms with Gasteiger partial charge in [-0.1, -0.05) is 0 Å². The van der Waals surface area contributed by atoms with Crippen molar-refractivity contribution in [2.24, 2.45) is 0 Å². The number of carbonyl (C=O) groups is 1. The highest BCUT2D eigenvalue weighted by Gasteiger charge is 2.18. The van der Waals surface area contributed by atoms with Crippen LogP contribution in [0.25, 0.3) is 16.2 Å². The zero-order valence-electron chi connectivity index (χ0n) is 13.0. The van der Waals surface area contributed by atoms with E-state index in [1.165, 1.54) is 11.3 Å². The van der Waals surface area contributed by atoms with E-state index in [1.807, 2.05) is 29.5 Å². The quantitative estimate of drug-likeness (QED) is 0.777. The van der Waals surface area contributed by atoms with Crippen LogP contribution in [-0.4, -0.2) is 34.7 Å². The van der Waals surface area contributed by atoms with Gasteiger partial charge < -0.3 is 14.6 Å². The van der Waals surface area contributed by atoms with Crippen molar-refractivity contribution in [3.63, 3.8) is 0 Å². The van der Waals surface area contributed by atoms with Crippen LogP contribution in [0.4, 0.5) is 0 Å². The molecule has 0 atom stereocenters. The molecule has 2 heterocycles. The summed E-state index contributed by atoms with van der Waals surface area (Å²) in [6.45, 7) is 2.00. The molecule has 0 spiro atoms. The minimum Gasteiger partial charge on any atom is -0.497 e. The number of fused-ring (bicyclic) bond motifs is 1. The van der Waals surface area contributed by atoms with E-state index in [-0.39, 0.29) is 6.42 Å². The molecule has 3 aromatic rings. The Labute approximate surface area is 136 Å². The Bertz CT molecular complexity index is 882. The summed E-state index contributed by atoms with van der Waals surface area (Å²) in [7, 11) is 3.23. The Balaban J connectivity index is 2.20. The van der Waals surface area contributed by atoms with Gasteiger partial charge in [0, 0.05) is 16.6 Å². The minimum atomic E-state index is -0.895. The van der Waals surface area contributed by atoms with Crippen LogP contribution in [0.1, 0.15) is 10.6 Å². The lowest BCUT2D eigenvalue weighted by molar-refractivity contribution is -0.136. The third-order valence-electron chi connectivity index (χ3n) is 3.54. The van der Waals surface area contributed by atoms with Gasteiger partial charge in [-0.15, -0.1) is 11.3 Å². The highest BCUT2D eigenvalue weighted by molar-refractivity contribution is 7.17. The predicted molar refractivity (Wildman–Crippen MR) is 87.7 cm³/mol. The van der Waals surface area contributed by atoms with Crippen LogP contribution < -0.4 is 9.47 Å². The van der Waals surface area contributed by atoms with Crippen LogP contribution in [0.3, 0.4) is 0 Å². The predicted octanol–water partition coefficient (Wildman–Crippen LogP) is 3.02. The smallest absolute Gasteiger partial charge is 0.309 e. The molecule has 0 bridgehead atoms. The first-order chi connectivity index (χ1) is 11.0. The normalized spacial score (nSPS) is 10.9. The van der Waals surface area contributed by atoms with Crippen LogP contribution in [0.2, 0.25) is 0 Å². The number of hydrogen-bond donors (Lipinski definition) is 1. The van der Waals surface area contributed by atoms with Gasteiger partial charge in [0.15, 0.2) is 4.96 Å². The maximum absolute atomic E-state index is 10.9. The topological polar surface area (TPSA) is 73.1 Å². The van der Waals surface area contributed by atoms with Gasteiger partial charge in [-0.3, -0.25) is 9.20 Å². The number of nitrogens with zero attached hydrogens (tertiary/aromatic N) is 2. The van der Waals surface area contributed by atoms with E-state index < -0.39 is 5.97 Å². The number of carboxylic acids is 1. The Morgan fingerprint density at radius 2 is 2.13 bits per heavy atom. The summed E-state index contributed by atoms with van der Waals surface area (Å²) in [5.74, 6) is 0.556. The molecule has 23 heavy (non-hydrogen) atoms. The van der Waals surface area contributed by atoms with Gasteiger partial charge in [-0.2, -0.15) is 0 Å². The van der Waals surface area contributed by atoms with E-state index in [1.54, 1.807) is 20.4 Å². The summed E-state index contributed by atoms with van der Waals surface area (Å²) >= 11 is 1.52. The zero-order valence-corrected chi connectivity index (χ0v) is 13.8. The van der Waals surface area contributed by atoms with Crippen LogP contribution in [0.15, 0.2) is 24.4 Å². The van der Waals surface area contributed by atoms with Crippen LogP contribution in [0.5, 0.6) is 11.5 Å². The average Bonchev–Trinajstić information content (AvgIpc) is 3.01. The third kappa shape index (κ3) is 2.75. The van der Waals surface area contributed by atoms with Crippen molar-refractivity contribution in [1.29, 1.82) is 0 Å². The van der Waals surface area contributed by atoms with Crippen LogP contribution in [0, 0.1) is 6.92 Å². The number of methoxy groups -OCH3 is 2. The Morgan fingerprint density at radius 1 is 1.35 bits per heavy atom. The number of aryl methyl sites for hydroxylation is 1. The van der Waals surface area contributed by atoms with Crippen molar-refractivity contribution in [3.8, 4) is 22.8 Å². The van der Waals surface area contributed by atoms with Gasteiger partial charge in [0.1, 0.15) is 11.5 Å². The standard InChI is InChI=1S/C16H16N2O4S/c1-9-15(12-7-11(21-2)4-5-13(12)22-3)18-8-10(6-14(19)20)17-16(18)23-9/h4-5,7-8H,6H2,1-3H3,(H,19,20). The number of aromatic nitrogens is 2. The molecular weight excluding hydrogens is 316 g/mol. The first-order valence-electron chi connectivity index (χ1n) is 6.95. The van der Waals surface area contributed by atoms with Crippen molar-refractivity contribution in [2.45, 2.75) is 13.3 Å². The molecule has 3 rings (SSSR count). The SMILES string of the molecule is COc1ccc(OC)c(-c2c(C)sc3nc(CC(=O)O)cn23)c1. The molecule has 0 fully saturated rings. The monoisotopic (exact) mass is 332 g/mol. The summed E-state index contributed by atoms with van der Waals surface area (Å²) in [5, 5.41) is 8.94. The molecule has 6 nitrogen and oxygen atoms in total. The van der Waals surface area contributed by atoms with Gasteiger partial charge in [0.05, 0.1) is 32.0 Å². The number of ether oxygens (including phenoxy) is 2. The van der Waals surface area contributed by atoms with Crippen molar-refractivity contribution in [1.82, 2.24) is 9.38 Å². The maximum atomic E-state index is 10.9. The summed E-state index contributed by atoms with van der Waals surface area (Å²) in [6.07, 6.45) is 1.67. The van der Waals surface area contributed by atoms with E-state index in [9.17, 15) is 4.79 Å². The van der Waals surface area contributed by atoms with E-state index >= 15 is 0 Å². The summed E-state index contributed by atoms with van der Waals surface area (Å²) in [4.78, 5) is 17.1. The molecule has 0 aliphatic rings. The average molecular weight is 332 g/mol. The number of thiazole rings is 1. The van der Waals surface area contributed by atoms with Gasteiger partial charge in [-0.05, 0) is 25.1 Å². The number of imidazole rings is 1. The second kappa shape index (κ2) is 5.92. The molecule has 0 unspecified atom stereocenters. The third-order valence-corrected chi connectivity index (χ3v) is 4.51. The van der Waals surface area contributed by atoms with Crippen molar-refractivity contribution in [3.05, 3.63) is 35.0 Å². The van der Waals surface area contributed by atoms with Gasteiger partial charge in [-0.25, -0.2) is 4.98 Å². The fourth-order valence-corrected chi connectivity index (χ4v) is 3.54. The fourth-order valence-electron chi connectivity index (χ4n) is 2.56. The molecule has 0 saturated carbocycles. The molecule has 7 heteroatoms. The first kappa shape index (κ1) is 15.4. The molecule has 0 aliphatic heterocycles. The van der Waals surface area contributed by atoms with Crippen molar-refractivity contribution < 1.29 is 19.4 Å². The molecule has 0 amide bonds. The number of carboxylic acid groups (broad SMARTS) is 1. The van der Waals surface area contributed by atoms with E-state index in [0.717, 1.165) is 32.6 Å². The van der Waals surface area contributed by atoms with Crippen LogP contribution in [-0.2, 0) is 11.2 Å². The van der Waals surface area contributed by atoms with E-state index in [2.05, 4.69) is 4.98 Å². The molecule has 2 aromatic heterocycles. The lowest BCUT2D eigenvalue weighted by Gasteiger charge is -2.11. The summed E-state index contributed by atoms with van der Waals surface area (Å²) in [5.41, 5.74) is 2.35. The van der Waals surface area contributed by atoms with Crippen molar-refractivity contribution >= 4 is 22.3 Å². The number of aliphatic carboxylic acids is 1. The zero-order chi connectivity index (χ0) is 16.6. The number of hydrogen-bond acceptors (Lipinski definition) is 5. The molecular formula is C16H16N2O4S. The molecule has 1 N–H and O–H groups in total. The highest BCUT2D eigenvalue weighted by atomic mass is 32.1. The molecule has 0 radical (unpaired) electrons. The Morgan fingerprint density at radius 3 is 2.78 bits per heavy atom. The molecule has 1 aromatic carbocycles. The minimum absolute atomic E-state index is 0.0951. The lowest BCUT2D eigenvalue weighted by atomic mass is 10.1. The van der Waals surface area contributed by atoms with Gasteiger partial charge >= 0.3 is 5.97 Å². The largest absolute Gasteiger partial charge is 0.497 e. The highest BCUT2D eigenvalue weighted by Crippen LogP contribution is 2.38.